The maximum Gasteiger partial charge on any atom is 0.353 e. The summed E-state index contributed by atoms with van der Waals surface area (Å²) >= 11 is 5.60. The quantitative estimate of drug-likeness (QED) is 0.651. The van der Waals surface area contributed by atoms with Crippen molar-refractivity contribution >= 4 is 23.3 Å². The Kier molecular flexibility index (Phi) is 4.26. The van der Waals surface area contributed by atoms with Crippen molar-refractivity contribution in [2.24, 2.45) is 7.05 Å². The largest absolute Gasteiger partial charge is 0.478 e. The number of carboxylic acids is 1. The van der Waals surface area contributed by atoms with Crippen LogP contribution in [0.3, 0.4) is 0 Å². The first-order valence-electron chi connectivity index (χ1n) is 6.27. The monoisotopic (exact) mass is 357 g/mol. The first-order chi connectivity index (χ1) is 11.1. The van der Waals surface area contributed by atoms with Gasteiger partial charge in [-0.1, -0.05) is 11.6 Å². The number of aromatic nitrogens is 2. The maximum absolute atomic E-state index is 14.1. The third-order valence-corrected chi connectivity index (χ3v) is 3.73. The van der Waals surface area contributed by atoms with Crippen LogP contribution in [0.2, 0.25) is 5.02 Å². The molecule has 1 N–H and O–H groups in total. The van der Waals surface area contributed by atoms with E-state index in [4.69, 9.17) is 16.7 Å². The number of hydrogen-bond donors (Lipinski definition) is 1. The highest BCUT2D eigenvalue weighted by Crippen LogP contribution is 2.23. The predicted molar refractivity (Wildman–Crippen MR) is 80.6 cm³/mol. The van der Waals surface area contributed by atoms with E-state index < -0.39 is 49.9 Å². The zero-order valence-electron chi connectivity index (χ0n) is 12.2. The summed E-state index contributed by atoms with van der Waals surface area (Å²) < 4.78 is 15.1. The fraction of sp³-hybridized carbons (Fsp3) is 0.154. The van der Waals surface area contributed by atoms with Crippen LogP contribution in [0.15, 0.2) is 21.7 Å². The molecule has 0 radical (unpaired) electrons. The van der Waals surface area contributed by atoms with Gasteiger partial charge in [0.25, 0.3) is 0 Å². The molecule has 0 aliphatic heterocycles. The Hall–Kier alpha value is -3.01. The summed E-state index contributed by atoms with van der Waals surface area (Å²) in [6, 6.07) is 1.28. The molecular formula is C13H9ClFN3O6. The summed E-state index contributed by atoms with van der Waals surface area (Å²) in [5, 5.41) is 19.6. The van der Waals surface area contributed by atoms with E-state index in [1.54, 1.807) is 0 Å². The summed E-state index contributed by atoms with van der Waals surface area (Å²) in [4.78, 5) is 45.7. The maximum atomic E-state index is 14.1. The smallest absolute Gasteiger partial charge is 0.353 e. The zero-order chi connectivity index (χ0) is 18.3. The van der Waals surface area contributed by atoms with Crippen molar-refractivity contribution in [2.75, 3.05) is 0 Å². The number of carbonyl (C=O) groups is 1. The van der Waals surface area contributed by atoms with Crippen molar-refractivity contribution in [3.63, 3.8) is 0 Å². The van der Waals surface area contributed by atoms with Gasteiger partial charge in [-0.2, -0.15) is 0 Å². The van der Waals surface area contributed by atoms with Gasteiger partial charge in [-0.15, -0.1) is 0 Å². The van der Waals surface area contributed by atoms with Crippen molar-refractivity contribution in [1.29, 1.82) is 0 Å². The van der Waals surface area contributed by atoms with Crippen molar-refractivity contribution in [2.45, 2.75) is 6.92 Å². The predicted octanol–water partition coefficient (Wildman–Crippen LogP) is 1.24. The Morgan fingerprint density at radius 1 is 1.38 bits per heavy atom. The second kappa shape index (κ2) is 5.89. The molecule has 0 atom stereocenters. The van der Waals surface area contributed by atoms with Crippen molar-refractivity contribution in [3.8, 4) is 5.69 Å². The van der Waals surface area contributed by atoms with Crippen LogP contribution in [0, 0.1) is 22.9 Å². The van der Waals surface area contributed by atoms with Gasteiger partial charge in [-0.3, -0.25) is 19.5 Å². The third kappa shape index (κ3) is 2.56. The number of rotatable bonds is 3. The Balaban J connectivity index is 3.02. The lowest BCUT2D eigenvalue weighted by atomic mass is 10.2. The van der Waals surface area contributed by atoms with Gasteiger partial charge in [0.1, 0.15) is 11.5 Å². The van der Waals surface area contributed by atoms with E-state index in [0.29, 0.717) is 12.1 Å². The van der Waals surface area contributed by atoms with Crippen LogP contribution < -0.4 is 11.2 Å². The average Bonchev–Trinajstić information content (AvgIpc) is 2.46. The Morgan fingerprint density at radius 3 is 2.46 bits per heavy atom. The van der Waals surface area contributed by atoms with Crippen LogP contribution in [-0.2, 0) is 7.05 Å². The van der Waals surface area contributed by atoms with Crippen molar-refractivity contribution in [1.82, 2.24) is 9.13 Å². The summed E-state index contributed by atoms with van der Waals surface area (Å²) in [7, 11) is 1.16. The molecule has 1 aromatic carbocycles. The molecule has 0 fully saturated rings. The second-order valence-electron chi connectivity index (χ2n) is 4.76. The number of halogens is 2. The third-order valence-electron chi connectivity index (χ3n) is 3.42. The van der Waals surface area contributed by atoms with Gasteiger partial charge in [0.2, 0.25) is 0 Å². The first-order valence-corrected chi connectivity index (χ1v) is 6.65. The van der Waals surface area contributed by atoms with Crippen LogP contribution >= 0.6 is 11.6 Å². The van der Waals surface area contributed by atoms with Crippen LogP contribution in [-0.4, -0.2) is 25.1 Å². The molecule has 0 amide bonds. The SMILES string of the molecule is Cc1c([N+](=O)[O-])c(=O)n(-c2cc(C(=O)O)c(Cl)cc2F)c(=O)n1C. The molecule has 24 heavy (non-hydrogen) atoms. The molecule has 0 saturated heterocycles. The standard InChI is InChI=1S/C13H9ClFN3O6/c1-5-10(18(23)24)11(19)17(13(22)16(5)2)9-3-6(12(20)21)7(14)4-8(9)15/h3-4H,1-2H3,(H,20,21). The molecule has 1 heterocycles. The highest BCUT2D eigenvalue weighted by molar-refractivity contribution is 6.33. The van der Waals surface area contributed by atoms with Crippen LogP contribution in [0.1, 0.15) is 16.1 Å². The fourth-order valence-electron chi connectivity index (χ4n) is 2.10. The molecular weight excluding hydrogens is 349 g/mol. The molecule has 0 aliphatic carbocycles. The Morgan fingerprint density at radius 2 is 1.96 bits per heavy atom. The molecule has 2 rings (SSSR count). The van der Waals surface area contributed by atoms with E-state index in [0.717, 1.165) is 11.6 Å². The lowest BCUT2D eigenvalue weighted by Gasteiger charge is -2.12. The van der Waals surface area contributed by atoms with E-state index >= 15 is 0 Å². The summed E-state index contributed by atoms with van der Waals surface area (Å²) in [5.41, 5.74) is -4.91. The van der Waals surface area contributed by atoms with Gasteiger partial charge in [-0.25, -0.2) is 18.5 Å². The molecule has 0 saturated carbocycles. The van der Waals surface area contributed by atoms with Gasteiger partial charge in [0.05, 0.1) is 21.2 Å². The van der Waals surface area contributed by atoms with E-state index in [1.165, 1.54) is 6.92 Å². The summed E-state index contributed by atoms with van der Waals surface area (Å²) in [5.74, 6) is -2.70. The number of nitro groups is 1. The summed E-state index contributed by atoms with van der Waals surface area (Å²) in [6.45, 7) is 1.19. The minimum absolute atomic E-state index is 0.198. The van der Waals surface area contributed by atoms with Gasteiger partial charge in [0.15, 0.2) is 0 Å². The molecule has 0 unspecified atom stereocenters. The van der Waals surface area contributed by atoms with Crippen LogP contribution in [0.4, 0.5) is 10.1 Å². The van der Waals surface area contributed by atoms with E-state index in [9.17, 15) is 28.9 Å². The Labute approximate surface area is 137 Å². The number of carboxylic acid groups (broad SMARTS) is 1. The molecule has 1 aromatic heterocycles. The highest BCUT2D eigenvalue weighted by atomic mass is 35.5. The minimum atomic E-state index is -1.52. The van der Waals surface area contributed by atoms with Crippen LogP contribution in [0.5, 0.6) is 0 Å². The number of aromatic carboxylic acids is 1. The lowest BCUT2D eigenvalue weighted by Crippen LogP contribution is -2.40. The van der Waals surface area contributed by atoms with Crippen molar-refractivity contribution < 1.29 is 19.2 Å². The number of hydrogen-bond acceptors (Lipinski definition) is 5. The zero-order valence-corrected chi connectivity index (χ0v) is 13.0. The van der Waals surface area contributed by atoms with Gasteiger partial charge in [-0.05, 0) is 19.1 Å². The molecule has 2 aromatic rings. The van der Waals surface area contributed by atoms with Gasteiger partial charge >= 0.3 is 22.9 Å². The molecule has 0 spiro atoms. The second-order valence-corrected chi connectivity index (χ2v) is 5.17. The van der Waals surface area contributed by atoms with E-state index in [1.807, 2.05) is 0 Å². The molecule has 126 valence electrons. The normalized spacial score (nSPS) is 10.7. The molecule has 0 aliphatic rings. The topological polar surface area (TPSA) is 124 Å². The van der Waals surface area contributed by atoms with Gasteiger partial charge < -0.3 is 5.11 Å². The van der Waals surface area contributed by atoms with E-state index in [-0.39, 0.29) is 10.3 Å². The van der Waals surface area contributed by atoms with Crippen molar-refractivity contribution in [3.05, 3.63) is 65.2 Å². The number of nitrogens with zero attached hydrogens (tertiary/aromatic N) is 3. The van der Waals surface area contributed by atoms with Crippen LogP contribution in [0.25, 0.3) is 5.69 Å². The summed E-state index contributed by atoms with van der Waals surface area (Å²) in [6.07, 6.45) is 0. The lowest BCUT2D eigenvalue weighted by molar-refractivity contribution is -0.387. The fourth-order valence-corrected chi connectivity index (χ4v) is 2.33. The minimum Gasteiger partial charge on any atom is -0.478 e. The molecule has 9 nitrogen and oxygen atoms in total. The number of benzene rings is 1. The molecule has 0 bridgehead atoms. The van der Waals surface area contributed by atoms with E-state index in [2.05, 4.69) is 0 Å². The highest BCUT2D eigenvalue weighted by Gasteiger charge is 2.26. The molecule has 11 heteroatoms. The average molecular weight is 358 g/mol. The van der Waals surface area contributed by atoms with Gasteiger partial charge in [0, 0.05) is 7.05 Å². The first kappa shape index (κ1) is 17.3. The Bertz CT molecular complexity index is 1010.